The molecule has 0 unspecified atom stereocenters. The van der Waals surface area contributed by atoms with Crippen molar-refractivity contribution in [2.24, 2.45) is 0 Å². The van der Waals surface area contributed by atoms with Gasteiger partial charge in [-0.05, 0) is 26.7 Å². The number of rotatable bonds is 5. The SMILES string of the molecule is CCOC(=O)CN(C(=O)c1cnc(C)s1)C1CC1. The lowest BCUT2D eigenvalue weighted by atomic mass is 10.4. The summed E-state index contributed by atoms with van der Waals surface area (Å²) in [5.41, 5.74) is 0. The van der Waals surface area contributed by atoms with E-state index in [0.717, 1.165) is 17.8 Å². The molecule has 1 saturated carbocycles. The molecule has 6 heteroatoms. The van der Waals surface area contributed by atoms with Gasteiger partial charge in [0.15, 0.2) is 0 Å². The van der Waals surface area contributed by atoms with Gasteiger partial charge < -0.3 is 9.64 Å². The van der Waals surface area contributed by atoms with Crippen LogP contribution in [0.15, 0.2) is 6.20 Å². The van der Waals surface area contributed by atoms with Gasteiger partial charge in [0, 0.05) is 6.04 Å². The van der Waals surface area contributed by atoms with E-state index in [0.29, 0.717) is 11.5 Å². The standard InChI is InChI=1S/C12H16N2O3S/c1-3-17-11(15)7-14(9-4-5-9)12(16)10-6-13-8(2)18-10/h6,9H,3-5,7H2,1-2H3. The van der Waals surface area contributed by atoms with E-state index in [9.17, 15) is 9.59 Å². The van der Waals surface area contributed by atoms with Crippen molar-refractivity contribution in [3.63, 3.8) is 0 Å². The number of hydrogen-bond donors (Lipinski definition) is 0. The van der Waals surface area contributed by atoms with Crippen LogP contribution in [0.3, 0.4) is 0 Å². The summed E-state index contributed by atoms with van der Waals surface area (Å²) in [7, 11) is 0. The van der Waals surface area contributed by atoms with Gasteiger partial charge in [0.2, 0.25) is 0 Å². The lowest BCUT2D eigenvalue weighted by molar-refractivity contribution is -0.143. The highest BCUT2D eigenvalue weighted by atomic mass is 32.1. The number of carbonyl (C=O) groups excluding carboxylic acids is 2. The van der Waals surface area contributed by atoms with Crippen LogP contribution in [0.2, 0.25) is 0 Å². The first-order valence-corrected chi connectivity index (χ1v) is 6.82. The van der Waals surface area contributed by atoms with Gasteiger partial charge in [-0.2, -0.15) is 0 Å². The molecule has 0 atom stereocenters. The van der Waals surface area contributed by atoms with Gasteiger partial charge in [0.25, 0.3) is 5.91 Å². The molecule has 0 bridgehead atoms. The Kier molecular flexibility index (Phi) is 3.96. The van der Waals surface area contributed by atoms with Crippen molar-refractivity contribution >= 4 is 23.2 Å². The average Bonchev–Trinajstić information content (AvgIpc) is 3.08. The summed E-state index contributed by atoms with van der Waals surface area (Å²) in [6, 6.07) is 0.185. The fraction of sp³-hybridized carbons (Fsp3) is 0.583. The van der Waals surface area contributed by atoms with Crippen LogP contribution in [0, 0.1) is 6.92 Å². The molecule has 0 radical (unpaired) electrons. The molecule has 1 aliphatic carbocycles. The van der Waals surface area contributed by atoms with Crippen LogP contribution < -0.4 is 0 Å². The third-order valence-electron chi connectivity index (χ3n) is 2.69. The Bertz CT molecular complexity index is 454. The Hall–Kier alpha value is -1.43. The molecule has 98 valence electrons. The van der Waals surface area contributed by atoms with Crippen LogP contribution in [0.4, 0.5) is 0 Å². The third kappa shape index (κ3) is 3.07. The molecule has 2 rings (SSSR count). The molecular formula is C12H16N2O3S. The number of nitrogens with zero attached hydrogens (tertiary/aromatic N) is 2. The summed E-state index contributed by atoms with van der Waals surface area (Å²) >= 11 is 1.36. The number of ether oxygens (including phenoxy) is 1. The van der Waals surface area contributed by atoms with E-state index in [1.807, 2.05) is 6.92 Å². The van der Waals surface area contributed by atoms with Gasteiger partial charge in [-0.3, -0.25) is 9.59 Å². The van der Waals surface area contributed by atoms with E-state index in [1.54, 1.807) is 18.0 Å². The predicted octanol–water partition coefficient (Wildman–Crippen LogP) is 1.62. The molecule has 0 spiro atoms. The van der Waals surface area contributed by atoms with Crippen molar-refractivity contribution in [3.05, 3.63) is 16.1 Å². The van der Waals surface area contributed by atoms with Gasteiger partial charge in [-0.15, -0.1) is 11.3 Å². The normalized spacial score (nSPS) is 14.3. The molecule has 0 aliphatic heterocycles. The zero-order valence-electron chi connectivity index (χ0n) is 10.5. The predicted molar refractivity (Wildman–Crippen MR) is 67.5 cm³/mol. The van der Waals surface area contributed by atoms with Gasteiger partial charge in [-0.1, -0.05) is 0 Å². The minimum absolute atomic E-state index is 0.0360. The number of aryl methyl sites for hydroxylation is 1. The maximum Gasteiger partial charge on any atom is 0.325 e. The lowest BCUT2D eigenvalue weighted by Crippen LogP contribution is -2.37. The number of hydrogen-bond acceptors (Lipinski definition) is 5. The molecule has 0 saturated heterocycles. The highest BCUT2D eigenvalue weighted by molar-refractivity contribution is 7.13. The third-order valence-corrected chi connectivity index (χ3v) is 3.59. The van der Waals surface area contributed by atoms with E-state index >= 15 is 0 Å². The second kappa shape index (κ2) is 5.48. The maximum absolute atomic E-state index is 12.3. The summed E-state index contributed by atoms with van der Waals surface area (Å²) in [5.74, 6) is -0.463. The van der Waals surface area contributed by atoms with Crippen LogP contribution >= 0.6 is 11.3 Å². The number of amides is 1. The Labute approximate surface area is 110 Å². The number of esters is 1. The fourth-order valence-electron chi connectivity index (χ4n) is 1.70. The molecule has 18 heavy (non-hydrogen) atoms. The minimum atomic E-state index is -0.348. The van der Waals surface area contributed by atoms with E-state index in [4.69, 9.17) is 4.74 Å². The molecule has 1 heterocycles. The van der Waals surface area contributed by atoms with Crippen molar-refractivity contribution in [2.45, 2.75) is 32.7 Å². The molecule has 0 aromatic carbocycles. The summed E-state index contributed by atoms with van der Waals surface area (Å²) in [6.07, 6.45) is 3.49. The van der Waals surface area contributed by atoms with Crippen LogP contribution in [-0.2, 0) is 9.53 Å². The quantitative estimate of drug-likeness (QED) is 0.761. The number of thiazole rings is 1. The van der Waals surface area contributed by atoms with Crippen LogP contribution in [0.1, 0.15) is 34.4 Å². The molecule has 5 nitrogen and oxygen atoms in total. The van der Waals surface area contributed by atoms with E-state index < -0.39 is 0 Å². The first-order chi connectivity index (χ1) is 8.61. The largest absolute Gasteiger partial charge is 0.465 e. The molecule has 0 N–H and O–H groups in total. The van der Waals surface area contributed by atoms with E-state index in [1.165, 1.54) is 11.3 Å². The molecule has 1 aliphatic rings. The monoisotopic (exact) mass is 268 g/mol. The number of aromatic nitrogens is 1. The van der Waals surface area contributed by atoms with Crippen molar-refractivity contribution in [3.8, 4) is 0 Å². The summed E-state index contributed by atoms with van der Waals surface area (Å²) < 4.78 is 4.90. The first-order valence-electron chi connectivity index (χ1n) is 6.00. The second-order valence-corrected chi connectivity index (χ2v) is 5.45. The Morgan fingerprint density at radius 3 is 2.78 bits per heavy atom. The van der Waals surface area contributed by atoms with Crippen molar-refractivity contribution < 1.29 is 14.3 Å². The molecule has 1 amide bonds. The highest BCUT2D eigenvalue weighted by Gasteiger charge is 2.35. The second-order valence-electron chi connectivity index (χ2n) is 4.21. The van der Waals surface area contributed by atoms with Crippen LogP contribution in [0.5, 0.6) is 0 Å². The topological polar surface area (TPSA) is 59.5 Å². The fourth-order valence-corrected chi connectivity index (χ4v) is 2.43. The zero-order chi connectivity index (χ0) is 13.1. The Morgan fingerprint density at radius 2 is 2.28 bits per heavy atom. The average molecular weight is 268 g/mol. The zero-order valence-corrected chi connectivity index (χ0v) is 11.3. The van der Waals surface area contributed by atoms with Crippen molar-refractivity contribution in [1.29, 1.82) is 0 Å². The van der Waals surface area contributed by atoms with Crippen LogP contribution in [-0.4, -0.2) is 41.0 Å². The maximum atomic E-state index is 12.3. The summed E-state index contributed by atoms with van der Waals surface area (Å²) in [6.45, 7) is 3.99. The van der Waals surface area contributed by atoms with Crippen molar-refractivity contribution in [2.75, 3.05) is 13.2 Å². The van der Waals surface area contributed by atoms with Crippen molar-refractivity contribution in [1.82, 2.24) is 9.88 Å². The smallest absolute Gasteiger partial charge is 0.325 e. The van der Waals surface area contributed by atoms with Gasteiger partial charge in [-0.25, -0.2) is 4.98 Å². The first kappa shape index (κ1) is 13.0. The highest BCUT2D eigenvalue weighted by Crippen LogP contribution is 2.29. The van der Waals surface area contributed by atoms with E-state index in [-0.39, 0.29) is 24.5 Å². The molecule has 1 fully saturated rings. The number of carbonyl (C=O) groups is 2. The summed E-state index contributed by atoms with van der Waals surface area (Å²) in [4.78, 5) is 30.0. The minimum Gasteiger partial charge on any atom is -0.465 e. The van der Waals surface area contributed by atoms with Gasteiger partial charge in [0.05, 0.1) is 17.8 Å². The van der Waals surface area contributed by atoms with Gasteiger partial charge in [0.1, 0.15) is 11.4 Å². The van der Waals surface area contributed by atoms with Crippen LogP contribution in [0.25, 0.3) is 0 Å². The summed E-state index contributed by atoms with van der Waals surface area (Å²) in [5, 5.41) is 0.852. The lowest BCUT2D eigenvalue weighted by Gasteiger charge is -2.20. The molecule has 1 aromatic rings. The van der Waals surface area contributed by atoms with E-state index in [2.05, 4.69) is 4.98 Å². The Morgan fingerprint density at radius 1 is 1.56 bits per heavy atom. The Balaban J connectivity index is 2.05. The molecular weight excluding hydrogens is 252 g/mol. The molecule has 1 aromatic heterocycles. The van der Waals surface area contributed by atoms with Gasteiger partial charge >= 0.3 is 5.97 Å².